The molecule has 1 aliphatic heterocycles. The Balaban J connectivity index is 1.55. The van der Waals surface area contributed by atoms with Crippen LogP contribution in [0.3, 0.4) is 0 Å². The number of nitrogens with zero attached hydrogens (tertiary/aromatic N) is 2. The third-order valence-electron chi connectivity index (χ3n) is 2.90. The van der Waals surface area contributed by atoms with Crippen LogP contribution in [0.25, 0.3) is 0 Å². The van der Waals surface area contributed by atoms with Crippen molar-refractivity contribution in [2.24, 2.45) is 0 Å². The van der Waals surface area contributed by atoms with Gasteiger partial charge in [0.15, 0.2) is 0 Å². The summed E-state index contributed by atoms with van der Waals surface area (Å²) in [6.07, 6.45) is 1.68. The van der Waals surface area contributed by atoms with E-state index in [9.17, 15) is 9.18 Å². The summed E-state index contributed by atoms with van der Waals surface area (Å²) in [6.45, 7) is 1.07. The molecular formula is C13H11FN2O2S. The Morgan fingerprint density at radius 3 is 2.74 bits per heavy atom. The monoisotopic (exact) mass is 278 g/mol. The van der Waals surface area contributed by atoms with Gasteiger partial charge in [-0.3, -0.25) is 4.79 Å². The van der Waals surface area contributed by atoms with Crippen molar-refractivity contribution in [3.63, 3.8) is 0 Å². The summed E-state index contributed by atoms with van der Waals surface area (Å²) in [7, 11) is 0. The molecular weight excluding hydrogens is 267 g/mol. The number of hydrogen-bond donors (Lipinski definition) is 0. The van der Waals surface area contributed by atoms with Gasteiger partial charge in [0, 0.05) is 17.1 Å². The number of benzene rings is 1. The number of ether oxygens (including phenoxy) is 1. The van der Waals surface area contributed by atoms with Crippen LogP contribution in [0.5, 0.6) is 5.19 Å². The van der Waals surface area contributed by atoms with Crippen LogP contribution < -0.4 is 4.74 Å². The van der Waals surface area contributed by atoms with Gasteiger partial charge in [-0.2, -0.15) is 0 Å². The van der Waals surface area contributed by atoms with Gasteiger partial charge >= 0.3 is 0 Å². The molecule has 0 aliphatic carbocycles. The first-order valence-corrected chi connectivity index (χ1v) is 6.71. The Morgan fingerprint density at radius 2 is 2.11 bits per heavy atom. The summed E-state index contributed by atoms with van der Waals surface area (Å²) < 4.78 is 18.3. The lowest BCUT2D eigenvalue weighted by molar-refractivity contribution is 0.0177. The second-order valence-corrected chi connectivity index (χ2v) is 5.11. The summed E-state index contributed by atoms with van der Waals surface area (Å²) in [6, 6.07) is 5.56. The first-order valence-electron chi connectivity index (χ1n) is 5.83. The number of thiazole rings is 1. The SMILES string of the molecule is O=C(c1ccc(F)cc1)N1CC(Oc2nccs2)C1. The van der Waals surface area contributed by atoms with Crippen LogP contribution in [-0.4, -0.2) is 35.0 Å². The highest BCUT2D eigenvalue weighted by atomic mass is 32.1. The van der Waals surface area contributed by atoms with Gasteiger partial charge in [-0.05, 0) is 24.3 Å². The second-order valence-electron chi connectivity index (χ2n) is 4.25. The molecule has 0 unspecified atom stereocenters. The largest absolute Gasteiger partial charge is 0.463 e. The number of carbonyl (C=O) groups excluding carboxylic acids is 1. The van der Waals surface area contributed by atoms with E-state index < -0.39 is 0 Å². The molecule has 1 aliphatic rings. The van der Waals surface area contributed by atoms with Crippen molar-refractivity contribution in [2.45, 2.75) is 6.10 Å². The Morgan fingerprint density at radius 1 is 1.37 bits per heavy atom. The fourth-order valence-electron chi connectivity index (χ4n) is 1.86. The molecule has 1 fully saturated rings. The molecule has 98 valence electrons. The number of likely N-dealkylation sites (tertiary alicyclic amines) is 1. The molecule has 1 saturated heterocycles. The number of rotatable bonds is 3. The number of halogens is 1. The van der Waals surface area contributed by atoms with Gasteiger partial charge in [-0.15, -0.1) is 0 Å². The zero-order chi connectivity index (χ0) is 13.2. The van der Waals surface area contributed by atoms with Crippen molar-refractivity contribution in [1.82, 2.24) is 9.88 Å². The Labute approximate surface area is 113 Å². The van der Waals surface area contributed by atoms with Crippen LogP contribution in [0.15, 0.2) is 35.8 Å². The molecule has 0 N–H and O–H groups in total. The standard InChI is InChI=1S/C13H11FN2O2S/c14-10-3-1-9(2-4-10)12(17)16-7-11(8-16)18-13-15-5-6-19-13/h1-6,11H,7-8H2. The fourth-order valence-corrected chi connectivity index (χ4v) is 2.42. The van der Waals surface area contributed by atoms with Gasteiger partial charge in [0.05, 0.1) is 13.1 Å². The van der Waals surface area contributed by atoms with E-state index in [1.165, 1.54) is 35.6 Å². The second kappa shape index (κ2) is 4.97. The molecule has 0 radical (unpaired) electrons. The maximum Gasteiger partial charge on any atom is 0.273 e. The Bertz CT molecular complexity index is 565. The minimum Gasteiger partial charge on any atom is -0.463 e. The van der Waals surface area contributed by atoms with Gasteiger partial charge in [-0.1, -0.05) is 11.3 Å². The minimum atomic E-state index is -0.342. The van der Waals surface area contributed by atoms with E-state index in [0.29, 0.717) is 23.8 Å². The number of amides is 1. The van der Waals surface area contributed by atoms with E-state index in [-0.39, 0.29) is 17.8 Å². The van der Waals surface area contributed by atoms with E-state index in [0.717, 1.165) is 0 Å². The fraction of sp³-hybridized carbons (Fsp3) is 0.231. The van der Waals surface area contributed by atoms with Crippen LogP contribution in [0.1, 0.15) is 10.4 Å². The summed E-state index contributed by atoms with van der Waals surface area (Å²) in [5.41, 5.74) is 0.495. The van der Waals surface area contributed by atoms with Gasteiger partial charge in [-0.25, -0.2) is 9.37 Å². The minimum absolute atomic E-state index is 0.00412. The molecule has 1 amide bonds. The first-order chi connectivity index (χ1) is 9.22. The van der Waals surface area contributed by atoms with Crippen LogP contribution in [0.4, 0.5) is 4.39 Å². The Kier molecular flexibility index (Phi) is 3.16. The highest BCUT2D eigenvalue weighted by Crippen LogP contribution is 2.21. The predicted octanol–water partition coefficient (Wildman–Crippen LogP) is 2.19. The maximum absolute atomic E-state index is 12.8. The van der Waals surface area contributed by atoms with Crippen LogP contribution in [0.2, 0.25) is 0 Å². The molecule has 0 atom stereocenters. The third-order valence-corrected chi connectivity index (χ3v) is 3.56. The highest BCUT2D eigenvalue weighted by Gasteiger charge is 2.33. The lowest BCUT2D eigenvalue weighted by Gasteiger charge is -2.38. The van der Waals surface area contributed by atoms with E-state index in [1.54, 1.807) is 11.1 Å². The topological polar surface area (TPSA) is 42.4 Å². The lowest BCUT2D eigenvalue weighted by Crippen LogP contribution is -2.56. The van der Waals surface area contributed by atoms with Crippen molar-refractivity contribution < 1.29 is 13.9 Å². The normalized spacial score (nSPS) is 15.1. The van der Waals surface area contributed by atoms with Crippen molar-refractivity contribution in [3.8, 4) is 5.19 Å². The molecule has 2 heterocycles. The molecule has 1 aromatic heterocycles. The van der Waals surface area contributed by atoms with Crippen molar-refractivity contribution in [2.75, 3.05) is 13.1 Å². The molecule has 2 aromatic rings. The summed E-state index contributed by atoms with van der Waals surface area (Å²) in [5, 5.41) is 2.47. The number of hydrogen-bond acceptors (Lipinski definition) is 4. The molecule has 0 saturated carbocycles. The van der Waals surface area contributed by atoms with E-state index in [2.05, 4.69) is 4.98 Å². The number of carbonyl (C=O) groups is 1. The predicted molar refractivity (Wildman–Crippen MR) is 68.8 cm³/mol. The molecule has 6 heteroatoms. The quantitative estimate of drug-likeness (QED) is 0.864. The first kappa shape index (κ1) is 12.1. The van der Waals surface area contributed by atoms with Gasteiger partial charge in [0.2, 0.25) is 0 Å². The molecule has 0 spiro atoms. The molecule has 1 aromatic carbocycles. The average Bonchev–Trinajstić information content (AvgIpc) is 2.86. The van der Waals surface area contributed by atoms with Crippen molar-refractivity contribution >= 4 is 17.2 Å². The third kappa shape index (κ3) is 2.58. The van der Waals surface area contributed by atoms with Crippen LogP contribution >= 0.6 is 11.3 Å². The van der Waals surface area contributed by atoms with Crippen molar-refractivity contribution in [3.05, 3.63) is 47.2 Å². The van der Waals surface area contributed by atoms with Crippen molar-refractivity contribution in [1.29, 1.82) is 0 Å². The summed E-state index contributed by atoms with van der Waals surface area (Å²) in [4.78, 5) is 17.7. The molecule has 0 bridgehead atoms. The molecule has 19 heavy (non-hydrogen) atoms. The summed E-state index contributed by atoms with van der Waals surface area (Å²) in [5.74, 6) is -0.441. The Hall–Kier alpha value is -1.95. The van der Waals surface area contributed by atoms with Gasteiger partial charge in [0.1, 0.15) is 11.9 Å². The number of aromatic nitrogens is 1. The van der Waals surface area contributed by atoms with Crippen LogP contribution in [-0.2, 0) is 0 Å². The average molecular weight is 278 g/mol. The summed E-state index contributed by atoms with van der Waals surface area (Å²) >= 11 is 1.43. The van der Waals surface area contributed by atoms with Crippen LogP contribution in [0, 0.1) is 5.82 Å². The van der Waals surface area contributed by atoms with E-state index in [1.807, 2.05) is 5.38 Å². The van der Waals surface area contributed by atoms with E-state index >= 15 is 0 Å². The molecule has 4 nitrogen and oxygen atoms in total. The zero-order valence-corrected chi connectivity index (χ0v) is 10.8. The maximum atomic E-state index is 12.8. The highest BCUT2D eigenvalue weighted by molar-refractivity contribution is 7.11. The van der Waals surface area contributed by atoms with E-state index in [4.69, 9.17) is 4.74 Å². The lowest BCUT2D eigenvalue weighted by atomic mass is 10.1. The molecule has 3 rings (SSSR count). The smallest absolute Gasteiger partial charge is 0.273 e. The van der Waals surface area contributed by atoms with Gasteiger partial charge in [0.25, 0.3) is 11.1 Å². The van der Waals surface area contributed by atoms with Gasteiger partial charge < -0.3 is 9.64 Å². The zero-order valence-electron chi connectivity index (χ0n) is 9.95.